The van der Waals surface area contributed by atoms with Crippen molar-refractivity contribution in [3.8, 4) is 0 Å². The largest absolute Gasteiger partial charge is 0.405 e. The molecule has 2 atom stereocenters. The van der Waals surface area contributed by atoms with Crippen molar-refractivity contribution in [2.75, 3.05) is 26.2 Å². The SMILES string of the molecule is Cl.N[C@@H]1CN(CC(=O)NC(=O)NCC(F)(F)F)C[C@H]1c1ccccc1. The Morgan fingerprint density at radius 2 is 1.84 bits per heavy atom. The molecule has 0 spiro atoms. The quantitative estimate of drug-likeness (QED) is 0.733. The van der Waals surface area contributed by atoms with Gasteiger partial charge in [-0.25, -0.2) is 4.79 Å². The number of nitrogens with one attached hydrogen (secondary N) is 2. The molecule has 1 aliphatic heterocycles. The molecule has 6 nitrogen and oxygen atoms in total. The number of alkyl halides is 3. The van der Waals surface area contributed by atoms with Crippen LogP contribution in [0.2, 0.25) is 0 Å². The number of hydrogen-bond acceptors (Lipinski definition) is 4. The predicted octanol–water partition coefficient (Wildman–Crippen LogP) is 1.22. The number of likely N-dealkylation sites (tertiary alicyclic amines) is 1. The fourth-order valence-electron chi connectivity index (χ4n) is 2.69. The van der Waals surface area contributed by atoms with Gasteiger partial charge < -0.3 is 11.1 Å². The molecule has 0 radical (unpaired) electrons. The number of benzene rings is 1. The minimum Gasteiger partial charge on any atom is -0.329 e. The van der Waals surface area contributed by atoms with Gasteiger partial charge in [0.05, 0.1) is 6.54 Å². The first-order chi connectivity index (χ1) is 11.2. The molecule has 4 N–H and O–H groups in total. The maximum absolute atomic E-state index is 12.0. The van der Waals surface area contributed by atoms with Crippen LogP contribution in [0.5, 0.6) is 0 Å². The second-order valence-electron chi connectivity index (χ2n) is 5.72. The lowest BCUT2D eigenvalue weighted by molar-refractivity contribution is -0.125. The zero-order valence-corrected chi connectivity index (χ0v) is 14.1. The number of urea groups is 1. The van der Waals surface area contributed by atoms with Gasteiger partial charge in [0.25, 0.3) is 0 Å². The summed E-state index contributed by atoms with van der Waals surface area (Å²) in [6.45, 7) is -0.576. The van der Waals surface area contributed by atoms with E-state index in [1.54, 1.807) is 10.2 Å². The van der Waals surface area contributed by atoms with E-state index in [0.717, 1.165) is 5.56 Å². The van der Waals surface area contributed by atoms with Crippen LogP contribution in [0.4, 0.5) is 18.0 Å². The van der Waals surface area contributed by atoms with Crippen molar-refractivity contribution in [2.24, 2.45) is 5.73 Å². The molecular weight excluding hydrogens is 361 g/mol. The van der Waals surface area contributed by atoms with Crippen LogP contribution in [0.1, 0.15) is 11.5 Å². The average Bonchev–Trinajstić information content (AvgIpc) is 2.85. The predicted molar refractivity (Wildman–Crippen MR) is 88.4 cm³/mol. The molecule has 0 aliphatic carbocycles. The Hall–Kier alpha value is -1.84. The maximum Gasteiger partial charge on any atom is 0.405 e. The summed E-state index contributed by atoms with van der Waals surface area (Å²) in [5.41, 5.74) is 7.16. The van der Waals surface area contributed by atoms with E-state index in [9.17, 15) is 22.8 Å². The number of amides is 3. The van der Waals surface area contributed by atoms with Crippen molar-refractivity contribution in [1.82, 2.24) is 15.5 Å². The van der Waals surface area contributed by atoms with Crippen LogP contribution in [-0.4, -0.2) is 55.2 Å². The van der Waals surface area contributed by atoms with E-state index < -0.39 is 24.7 Å². The van der Waals surface area contributed by atoms with Crippen molar-refractivity contribution in [1.29, 1.82) is 0 Å². The molecule has 1 heterocycles. The van der Waals surface area contributed by atoms with Crippen LogP contribution in [0.15, 0.2) is 30.3 Å². The van der Waals surface area contributed by atoms with Gasteiger partial charge in [0, 0.05) is 25.0 Å². The van der Waals surface area contributed by atoms with Crippen LogP contribution in [0.3, 0.4) is 0 Å². The van der Waals surface area contributed by atoms with Crippen molar-refractivity contribution in [3.63, 3.8) is 0 Å². The minimum atomic E-state index is -4.52. The second kappa shape index (κ2) is 9.02. The summed E-state index contributed by atoms with van der Waals surface area (Å²) in [6, 6.07) is 8.30. The molecule has 0 aromatic heterocycles. The van der Waals surface area contributed by atoms with Crippen molar-refractivity contribution in [2.45, 2.75) is 18.1 Å². The molecule has 25 heavy (non-hydrogen) atoms. The summed E-state index contributed by atoms with van der Waals surface area (Å²) in [4.78, 5) is 24.8. The summed E-state index contributed by atoms with van der Waals surface area (Å²) in [7, 11) is 0. The second-order valence-corrected chi connectivity index (χ2v) is 5.72. The highest BCUT2D eigenvalue weighted by atomic mass is 35.5. The third kappa shape index (κ3) is 6.89. The normalized spacial score (nSPS) is 20.6. The maximum atomic E-state index is 12.0. The number of nitrogens with zero attached hydrogens (tertiary/aromatic N) is 1. The van der Waals surface area contributed by atoms with Crippen molar-refractivity contribution < 1.29 is 22.8 Å². The molecule has 1 aromatic rings. The van der Waals surface area contributed by atoms with Gasteiger partial charge in [0.1, 0.15) is 6.54 Å². The highest BCUT2D eigenvalue weighted by Crippen LogP contribution is 2.25. The summed E-state index contributed by atoms with van der Waals surface area (Å²) >= 11 is 0. The standard InChI is InChI=1S/C15H19F3N4O2.ClH/c16-15(17,18)9-20-14(24)21-13(23)8-22-6-11(12(19)7-22)10-4-2-1-3-5-10;/h1-5,11-12H,6-9,19H2,(H2,20,21,23,24);1H/t11-,12+;/m0./s1. The number of imide groups is 1. The van der Waals surface area contributed by atoms with Gasteiger partial charge in [-0.2, -0.15) is 13.2 Å². The molecule has 0 saturated carbocycles. The van der Waals surface area contributed by atoms with E-state index >= 15 is 0 Å². The summed E-state index contributed by atoms with van der Waals surface area (Å²) in [5, 5.41) is 3.46. The Bertz CT molecular complexity index is 586. The fraction of sp³-hybridized carbons (Fsp3) is 0.467. The van der Waals surface area contributed by atoms with Gasteiger partial charge in [-0.1, -0.05) is 30.3 Å². The molecule has 1 fully saturated rings. The first-order valence-electron chi connectivity index (χ1n) is 7.42. The van der Waals surface area contributed by atoms with E-state index in [-0.39, 0.29) is 30.9 Å². The van der Waals surface area contributed by atoms with Gasteiger partial charge in [-0.3, -0.25) is 15.0 Å². The highest BCUT2D eigenvalue weighted by Gasteiger charge is 2.32. The third-order valence-electron chi connectivity index (χ3n) is 3.74. The van der Waals surface area contributed by atoms with Gasteiger partial charge in [-0.15, -0.1) is 12.4 Å². The van der Waals surface area contributed by atoms with E-state index in [2.05, 4.69) is 0 Å². The van der Waals surface area contributed by atoms with Crippen LogP contribution in [-0.2, 0) is 4.79 Å². The van der Waals surface area contributed by atoms with E-state index in [1.807, 2.05) is 35.6 Å². The summed E-state index contributed by atoms with van der Waals surface area (Å²) < 4.78 is 35.9. The molecule has 1 saturated heterocycles. The molecule has 3 amide bonds. The Morgan fingerprint density at radius 3 is 2.44 bits per heavy atom. The lowest BCUT2D eigenvalue weighted by Gasteiger charge is -2.16. The number of nitrogens with two attached hydrogens (primary N) is 1. The van der Waals surface area contributed by atoms with Crippen molar-refractivity contribution in [3.05, 3.63) is 35.9 Å². The molecule has 10 heteroatoms. The Kier molecular flexibility index (Phi) is 7.65. The molecule has 140 valence electrons. The van der Waals surface area contributed by atoms with E-state index in [1.165, 1.54) is 0 Å². The van der Waals surface area contributed by atoms with E-state index in [4.69, 9.17) is 5.73 Å². The van der Waals surface area contributed by atoms with Gasteiger partial charge >= 0.3 is 12.2 Å². The van der Waals surface area contributed by atoms with Crippen LogP contribution in [0.25, 0.3) is 0 Å². The molecule has 2 rings (SSSR count). The number of carbonyl (C=O) groups is 2. The molecule has 0 unspecified atom stereocenters. The van der Waals surface area contributed by atoms with Crippen LogP contribution >= 0.6 is 12.4 Å². The first-order valence-corrected chi connectivity index (χ1v) is 7.42. The number of rotatable bonds is 4. The average molecular weight is 381 g/mol. The minimum absolute atomic E-state index is 0. The lowest BCUT2D eigenvalue weighted by atomic mass is 9.95. The fourth-order valence-corrected chi connectivity index (χ4v) is 2.69. The van der Waals surface area contributed by atoms with Gasteiger partial charge in [0.2, 0.25) is 5.91 Å². The van der Waals surface area contributed by atoms with Crippen molar-refractivity contribution >= 4 is 24.3 Å². The van der Waals surface area contributed by atoms with Crippen LogP contribution < -0.4 is 16.4 Å². The monoisotopic (exact) mass is 380 g/mol. The van der Waals surface area contributed by atoms with Gasteiger partial charge in [0.15, 0.2) is 0 Å². The highest BCUT2D eigenvalue weighted by molar-refractivity contribution is 5.95. The summed E-state index contributed by atoms with van der Waals surface area (Å²) in [6.07, 6.45) is -4.52. The van der Waals surface area contributed by atoms with Gasteiger partial charge in [-0.05, 0) is 5.56 Å². The molecular formula is C15H20ClF3N4O2. The zero-order valence-electron chi connectivity index (χ0n) is 13.3. The Balaban J connectivity index is 0.00000312. The Morgan fingerprint density at radius 1 is 1.20 bits per heavy atom. The Labute approximate surface area is 149 Å². The van der Waals surface area contributed by atoms with E-state index in [0.29, 0.717) is 13.1 Å². The zero-order chi connectivity index (χ0) is 17.7. The summed E-state index contributed by atoms with van der Waals surface area (Å²) in [5.74, 6) is -0.603. The smallest absolute Gasteiger partial charge is 0.329 e. The molecule has 1 aromatic carbocycles. The number of hydrogen-bond donors (Lipinski definition) is 3. The molecule has 1 aliphatic rings. The first kappa shape index (κ1) is 21.2. The molecule has 0 bridgehead atoms. The van der Waals surface area contributed by atoms with Crippen LogP contribution in [0, 0.1) is 0 Å². The third-order valence-corrected chi connectivity index (χ3v) is 3.74. The topological polar surface area (TPSA) is 87.5 Å². The number of carbonyl (C=O) groups excluding carboxylic acids is 2. The number of halogens is 4. The lowest BCUT2D eigenvalue weighted by Crippen LogP contribution is -2.46.